The van der Waals surface area contributed by atoms with Gasteiger partial charge in [-0.1, -0.05) is 19.0 Å². The Kier molecular flexibility index (Phi) is 5.27. The number of hydrogen-bond donors (Lipinski definition) is 1. The Bertz CT molecular complexity index is 586. The number of ether oxygens (including phenoxy) is 1. The first-order valence-corrected chi connectivity index (χ1v) is 7.10. The summed E-state index contributed by atoms with van der Waals surface area (Å²) >= 11 is 0. The van der Waals surface area contributed by atoms with Crippen LogP contribution in [0.5, 0.6) is 5.75 Å². The predicted molar refractivity (Wildman–Crippen MR) is 76.4 cm³/mol. The van der Waals surface area contributed by atoms with Gasteiger partial charge < -0.3 is 15.0 Å². The maximum absolute atomic E-state index is 13.4. The molecule has 0 amide bonds. The molecule has 0 aliphatic carbocycles. The Morgan fingerprint density at radius 2 is 2.19 bits per heavy atom. The van der Waals surface area contributed by atoms with Gasteiger partial charge in [-0.05, 0) is 36.6 Å². The fourth-order valence-corrected chi connectivity index (χ4v) is 1.91. The van der Waals surface area contributed by atoms with E-state index in [0.29, 0.717) is 30.3 Å². The second-order valence-electron chi connectivity index (χ2n) is 4.87. The van der Waals surface area contributed by atoms with Gasteiger partial charge in [-0.25, -0.2) is 4.39 Å². The fourth-order valence-electron chi connectivity index (χ4n) is 1.91. The molecule has 1 unspecified atom stereocenters. The van der Waals surface area contributed by atoms with Crippen molar-refractivity contribution in [1.29, 1.82) is 0 Å². The van der Waals surface area contributed by atoms with E-state index in [2.05, 4.69) is 10.1 Å². The number of aryl methyl sites for hydroxylation is 1. The largest absolute Gasteiger partial charge is 0.483 e. The molecule has 0 saturated carbocycles. The van der Waals surface area contributed by atoms with Crippen LogP contribution in [0.2, 0.25) is 0 Å². The van der Waals surface area contributed by atoms with Crippen LogP contribution >= 0.6 is 0 Å². The minimum atomic E-state index is -0.299. The van der Waals surface area contributed by atoms with Crippen LogP contribution in [0.1, 0.15) is 37.5 Å². The van der Waals surface area contributed by atoms with Crippen molar-refractivity contribution in [2.45, 2.75) is 45.8 Å². The van der Waals surface area contributed by atoms with Crippen molar-refractivity contribution in [2.75, 3.05) is 0 Å². The monoisotopic (exact) mass is 293 g/mol. The average molecular weight is 293 g/mol. The van der Waals surface area contributed by atoms with Crippen molar-refractivity contribution in [3.8, 4) is 5.75 Å². The molecular formula is C15H20FN3O2. The zero-order valence-corrected chi connectivity index (χ0v) is 12.3. The number of nitrogens with zero attached hydrogens (tertiary/aromatic N) is 2. The van der Waals surface area contributed by atoms with Crippen LogP contribution in [0.25, 0.3) is 0 Å². The molecule has 2 rings (SSSR count). The summed E-state index contributed by atoms with van der Waals surface area (Å²) < 4.78 is 24.1. The van der Waals surface area contributed by atoms with Crippen LogP contribution in [0.15, 0.2) is 22.7 Å². The molecule has 0 radical (unpaired) electrons. The van der Waals surface area contributed by atoms with Crippen molar-refractivity contribution in [3.05, 3.63) is 41.3 Å². The minimum Gasteiger partial charge on any atom is -0.483 e. The molecule has 0 aliphatic rings. The highest BCUT2D eigenvalue weighted by Gasteiger charge is 2.11. The lowest BCUT2D eigenvalue weighted by molar-refractivity contribution is 0.240. The number of hydrogen-bond acceptors (Lipinski definition) is 5. The van der Waals surface area contributed by atoms with Crippen molar-refractivity contribution in [2.24, 2.45) is 5.73 Å². The van der Waals surface area contributed by atoms with Crippen LogP contribution in [0.4, 0.5) is 4.39 Å². The van der Waals surface area contributed by atoms with Crippen molar-refractivity contribution in [3.63, 3.8) is 0 Å². The highest BCUT2D eigenvalue weighted by molar-refractivity contribution is 5.34. The van der Waals surface area contributed by atoms with Gasteiger partial charge >= 0.3 is 0 Å². The van der Waals surface area contributed by atoms with Crippen molar-refractivity contribution < 1.29 is 13.7 Å². The molecule has 2 aromatic rings. The van der Waals surface area contributed by atoms with Gasteiger partial charge in [0, 0.05) is 12.5 Å². The SMILES string of the molecule is CCc1noc(COc2ccc(F)cc2CC(N)CC)n1. The third-order valence-electron chi connectivity index (χ3n) is 3.21. The van der Waals surface area contributed by atoms with Gasteiger partial charge in [0.15, 0.2) is 12.4 Å². The first-order valence-electron chi connectivity index (χ1n) is 7.10. The molecule has 0 aliphatic heterocycles. The Labute approximate surface area is 123 Å². The van der Waals surface area contributed by atoms with Gasteiger partial charge in [0.05, 0.1) is 0 Å². The molecular weight excluding hydrogens is 273 g/mol. The number of nitrogens with two attached hydrogens (primary N) is 1. The maximum Gasteiger partial charge on any atom is 0.264 e. The summed E-state index contributed by atoms with van der Waals surface area (Å²) in [6.07, 6.45) is 2.09. The normalized spacial score (nSPS) is 12.4. The second-order valence-corrected chi connectivity index (χ2v) is 4.87. The maximum atomic E-state index is 13.4. The first-order chi connectivity index (χ1) is 10.1. The highest BCUT2D eigenvalue weighted by Crippen LogP contribution is 2.22. The zero-order chi connectivity index (χ0) is 15.2. The van der Waals surface area contributed by atoms with E-state index in [1.807, 2.05) is 13.8 Å². The average Bonchev–Trinajstić information content (AvgIpc) is 2.94. The smallest absolute Gasteiger partial charge is 0.264 e. The molecule has 21 heavy (non-hydrogen) atoms. The molecule has 0 saturated heterocycles. The fraction of sp³-hybridized carbons (Fsp3) is 0.467. The number of halogens is 1. The van der Waals surface area contributed by atoms with E-state index < -0.39 is 0 Å². The molecule has 0 fully saturated rings. The quantitative estimate of drug-likeness (QED) is 0.849. The van der Waals surface area contributed by atoms with Crippen molar-refractivity contribution in [1.82, 2.24) is 10.1 Å². The summed E-state index contributed by atoms with van der Waals surface area (Å²) in [5, 5.41) is 3.80. The van der Waals surface area contributed by atoms with Crippen molar-refractivity contribution >= 4 is 0 Å². The Hall–Kier alpha value is -1.95. The Morgan fingerprint density at radius 3 is 2.86 bits per heavy atom. The Morgan fingerprint density at radius 1 is 1.38 bits per heavy atom. The molecule has 6 heteroatoms. The molecule has 114 valence electrons. The van der Waals surface area contributed by atoms with Crippen LogP contribution in [-0.4, -0.2) is 16.2 Å². The second kappa shape index (κ2) is 7.17. The molecule has 1 atom stereocenters. The van der Waals surface area contributed by atoms with E-state index in [1.165, 1.54) is 12.1 Å². The van der Waals surface area contributed by atoms with E-state index in [1.54, 1.807) is 6.07 Å². The molecule has 5 nitrogen and oxygen atoms in total. The van der Waals surface area contributed by atoms with Crippen LogP contribution in [0, 0.1) is 5.82 Å². The van der Waals surface area contributed by atoms with E-state index in [4.69, 9.17) is 15.0 Å². The lowest BCUT2D eigenvalue weighted by atomic mass is 10.0. The predicted octanol–water partition coefficient (Wildman–Crippen LogP) is 2.63. The first kappa shape index (κ1) is 15.4. The number of rotatable bonds is 7. The van der Waals surface area contributed by atoms with Gasteiger partial charge in [0.25, 0.3) is 5.89 Å². The van der Waals surface area contributed by atoms with E-state index in [9.17, 15) is 4.39 Å². The molecule has 1 aromatic carbocycles. The van der Waals surface area contributed by atoms with E-state index in [-0.39, 0.29) is 18.5 Å². The summed E-state index contributed by atoms with van der Waals surface area (Å²) in [4.78, 5) is 4.17. The van der Waals surface area contributed by atoms with Gasteiger partial charge in [0.2, 0.25) is 0 Å². The third-order valence-corrected chi connectivity index (χ3v) is 3.21. The lowest BCUT2D eigenvalue weighted by Gasteiger charge is -2.13. The van der Waals surface area contributed by atoms with Gasteiger partial charge in [0.1, 0.15) is 11.6 Å². The molecule has 2 N–H and O–H groups in total. The molecule has 1 aromatic heterocycles. The van der Waals surface area contributed by atoms with Crippen LogP contribution in [-0.2, 0) is 19.4 Å². The highest BCUT2D eigenvalue weighted by atomic mass is 19.1. The van der Waals surface area contributed by atoms with Gasteiger partial charge in [-0.2, -0.15) is 4.98 Å². The van der Waals surface area contributed by atoms with E-state index in [0.717, 1.165) is 12.0 Å². The minimum absolute atomic E-state index is 0.0238. The third kappa shape index (κ3) is 4.26. The number of aromatic nitrogens is 2. The van der Waals surface area contributed by atoms with Crippen LogP contribution in [0.3, 0.4) is 0 Å². The van der Waals surface area contributed by atoms with Gasteiger partial charge in [-0.15, -0.1) is 0 Å². The summed E-state index contributed by atoms with van der Waals surface area (Å²) in [5.74, 6) is 1.34. The Balaban J connectivity index is 2.07. The van der Waals surface area contributed by atoms with Crippen LogP contribution < -0.4 is 10.5 Å². The molecule has 0 bridgehead atoms. The standard InChI is InChI=1S/C15H20FN3O2/c1-3-12(17)8-10-7-11(16)5-6-13(10)20-9-15-18-14(4-2)19-21-15/h5-7,12H,3-4,8-9,17H2,1-2H3. The molecule has 1 heterocycles. The zero-order valence-electron chi connectivity index (χ0n) is 12.3. The van der Waals surface area contributed by atoms with Gasteiger partial charge in [-0.3, -0.25) is 0 Å². The summed E-state index contributed by atoms with van der Waals surface area (Å²) in [6.45, 7) is 4.10. The summed E-state index contributed by atoms with van der Waals surface area (Å²) in [7, 11) is 0. The van der Waals surface area contributed by atoms with E-state index >= 15 is 0 Å². The molecule has 0 spiro atoms. The topological polar surface area (TPSA) is 74.2 Å². The lowest BCUT2D eigenvalue weighted by Crippen LogP contribution is -2.21. The summed E-state index contributed by atoms with van der Waals surface area (Å²) in [6, 6.07) is 4.39. The summed E-state index contributed by atoms with van der Waals surface area (Å²) in [5.41, 5.74) is 6.68. The number of benzene rings is 1.